The molecule has 1 aromatic heterocycles. The summed E-state index contributed by atoms with van der Waals surface area (Å²) in [4.78, 5) is 4.28. The Morgan fingerprint density at radius 2 is 1.77 bits per heavy atom. The maximum atomic E-state index is 4.60. The summed E-state index contributed by atoms with van der Waals surface area (Å²) < 4.78 is 1.88. The van der Waals surface area contributed by atoms with Crippen molar-refractivity contribution in [3.05, 3.63) is 83.7 Å². The average molecular weight is 347 g/mol. The lowest BCUT2D eigenvalue weighted by molar-refractivity contribution is 0.762. The third-order valence-corrected chi connectivity index (χ3v) is 4.27. The zero-order valence-corrected chi connectivity index (χ0v) is 15.3. The number of guanidine groups is 1. The summed E-state index contributed by atoms with van der Waals surface area (Å²) in [7, 11) is 1.78. The van der Waals surface area contributed by atoms with Crippen LogP contribution in [-0.4, -0.2) is 29.3 Å². The molecule has 2 N–H and O–H groups in total. The SMILES string of the molecule is CN=C(NCCc1ccccc1C)NCc1ccn(-c2ccccc2)n1. The second-order valence-corrected chi connectivity index (χ2v) is 6.12. The highest BCUT2D eigenvalue weighted by molar-refractivity contribution is 5.79. The molecule has 134 valence electrons. The van der Waals surface area contributed by atoms with Gasteiger partial charge in [0.1, 0.15) is 0 Å². The minimum Gasteiger partial charge on any atom is -0.356 e. The van der Waals surface area contributed by atoms with Crippen LogP contribution in [0.5, 0.6) is 0 Å². The van der Waals surface area contributed by atoms with Crippen molar-refractivity contribution in [2.45, 2.75) is 19.9 Å². The van der Waals surface area contributed by atoms with Crippen LogP contribution in [0, 0.1) is 6.92 Å². The van der Waals surface area contributed by atoms with Crippen molar-refractivity contribution in [1.29, 1.82) is 0 Å². The minimum atomic E-state index is 0.629. The maximum Gasteiger partial charge on any atom is 0.191 e. The second kappa shape index (κ2) is 8.85. The van der Waals surface area contributed by atoms with Gasteiger partial charge in [-0.05, 0) is 42.7 Å². The molecule has 1 heterocycles. The number of aliphatic imine (C=N–C) groups is 1. The molecular weight excluding hydrogens is 322 g/mol. The molecule has 0 radical (unpaired) electrons. The summed E-state index contributed by atoms with van der Waals surface area (Å²) >= 11 is 0. The highest BCUT2D eigenvalue weighted by Crippen LogP contribution is 2.07. The Balaban J connectivity index is 1.49. The van der Waals surface area contributed by atoms with E-state index < -0.39 is 0 Å². The zero-order valence-electron chi connectivity index (χ0n) is 15.3. The van der Waals surface area contributed by atoms with E-state index in [-0.39, 0.29) is 0 Å². The van der Waals surface area contributed by atoms with Gasteiger partial charge in [0.15, 0.2) is 5.96 Å². The molecule has 5 heteroatoms. The molecule has 0 atom stereocenters. The lowest BCUT2D eigenvalue weighted by Crippen LogP contribution is -2.38. The molecule has 26 heavy (non-hydrogen) atoms. The molecular formula is C21H25N5. The van der Waals surface area contributed by atoms with Crippen LogP contribution in [0.2, 0.25) is 0 Å². The van der Waals surface area contributed by atoms with Gasteiger partial charge in [-0.15, -0.1) is 0 Å². The zero-order chi connectivity index (χ0) is 18.2. The number of benzene rings is 2. The molecule has 0 aliphatic heterocycles. The molecule has 0 saturated carbocycles. The third-order valence-electron chi connectivity index (χ3n) is 4.27. The van der Waals surface area contributed by atoms with E-state index in [1.54, 1.807) is 7.05 Å². The standard InChI is InChI=1S/C21H25N5/c1-17-8-6-7-9-18(17)12-14-23-21(22-2)24-16-19-13-15-26(25-19)20-10-4-3-5-11-20/h3-11,13,15H,12,14,16H2,1-2H3,(H2,22,23,24). The molecule has 0 fully saturated rings. The van der Waals surface area contributed by atoms with Crippen molar-refractivity contribution in [3.63, 3.8) is 0 Å². The summed E-state index contributed by atoms with van der Waals surface area (Å²) in [5.74, 6) is 0.785. The van der Waals surface area contributed by atoms with Crippen LogP contribution in [0.1, 0.15) is 16.8 Å². The van der Waals surface area contributed by atoms with Gasteiger partial charge < -0.3 is 10.6 Å². The van der Waals surface area contributed by atoms with Crippen molar-refractivity contribution in [3.8, 4) is 5.69 Å². The molecule has 0 aliphatic carbocycles. The second-order valence-electron chi connectivity index (χ2n) is 6.12. The monoisotopic (exact) mass is 347 g/mol. The Bertz CT molecular complexity index is 852. The average Bonchev–Trinajstić information content (AvgIpc) is 3.16. The highest BCUT2D eigenvalue weighted by atomic mass is 15.3. The third kappa shape index (κ3) is 4.72. The van der Waals surface area contributed by atoms with Crippen LogP contribution >= 0.6 is 0 Å². The summed E-state index contributed by atoms with van der Waals surface area (Å²) in [6, 6.07) is 20.6. The summed E-state index contributed by atoms with van der Waals surface area (Å²) in [6.45, 7) is 3.61. The highest BCUT2D eigenvalue weighted by Gasteiger charge is 2.03. The number of aryl methyl sites for hydroxylation is 1. The van der Waals surface area contributed by atoms with Crippen molar-refractivity contribution in [1.82, 2.24) is 20.4 Å². The minimum absolute atomic E-state index is 0.629. The van der Waals surface area contributed by atoms with Crippen LogP contribution in [0.15, 0.2) is 71.9 Å². The van der Waals surface area contributed by atoms with Crippen LogP contribution in [-0.2, 0) is 13.0 Å². The molecule has 2 aromatic carbocycles. The van der Waals surface area contributed by atoms with Crippen LogP contribution in [0.25, 0.3) is 5.69 Å². The quantitative estimate of drug-likeness (QED) is 0.532. The Morgan fingerprint density at radius 3 is 2.54 bits per heavy atom. The first-order chi connectivity index (χ1) is 12.8. The van der Waals surface area contributed by atoms with Gasteiger partial charge in [0, 0.05) is 19.8 Å². The Morgan fingerprint density at radius 1 is 1.00 bits per heavy atom. The predicted octanol–water partition coefficient (Wildman–Crippen LogP) is 3.09. The predicted molar refractivity (Wildman–Crippen MR) is 107 cm³/mol. The fourth-order valence-corrected chi connectivity index (χ4v) is 2.78. The van der Waals surface area contributed by atoms with Gasteiger partial charge in [-0.2, -0.15) is 5.10 Å². The summed E-state index contributed by atoms with van der Waals surface area (Å²) in [5.41, 5.74) is 4.70. The Hall–Kier alpha value is -3.08. The maximum absolute atomic E-state index is 4.60. The van der Waals surface area contributed by atoms with Gasteiger partial charge in [0.25, 0.3) is 0 Å². The number of nitrogens with zero attached hydrogens (tertiary/aromatic N) is 3. The number of para-hydroxylation sites is 1. The Kier molecular flexibility index (Phi) is 6.04. The molecule has 5 nitrogen and oxygen atoms in total. The van der Waals surface area contributed by atoms with Crippen LogP contribution in [0.4, 0.5) is 0 Å². The molecule has 0 bridgehead atoms. The van der Waals surface area contributed by atoms with E-state index in [0.29, 0.717) is 6.54 Å². The van der Waals surface area contributed by atoms with E-state index >= 15 is 0 Å². The van der Waals surface area contributed by atoms with E-state index in [1.165, 1.54) is 11.1 Å². The van der Waals surface area contributed by atoms with Gasteiger partial charge in [-0.25, -0.2) is 4.68 Å². The van der Waals surface area contributed by atoms with Crippen molar-refractivity contribution in [2.75, 3.05) is 13.6 Å². The van der Waals surface area contributed by atoms with E-state index in [2.05, 4.69) is 51.9 Å². The van der Waals surface area contributed by atoms with Crippen molar-refractivity contribution in [2.24, 2.45) is 4.99 Å². The topological polar surface area (TPSA) is 54.2 Å². The van der Waals surface area contributed by atoms with Crippen molar-refractivity contribution >= 4 is 5.96 Å². The molecule has 0 aliphatic rings. The van der Waals surface area contributed by atoms with Crippen LogP contribution in [0.3, 0.4) is 0 Å². The van der Waals surface area contributed by atoms with Crippen LogP contribution < -0.4 is 10.6 Å². The van der Waals surface area contributed by atoms with E-state index in [0.717, 1.165) is 30.3 Å². The lowest BCUT2D eigenvalue weighted by Gasteiger charge is -2.12. The number of rotatable bonds is 6. The normalized spacial score (nSPS) is 11.4. The number of hydrogen-bond acceptors (Lipinski definition) is 2. The smallest absolute Gasteiger partial charge is 0.191 e. The van der Waals surface area contributed by atoms with E-state index in [1.807, 2.05) is 47.3 Å². The van der Waals surface area contributed by atoms with E-state index in [4.69, 9.17) is 0 Å². The largest absolute Gasteiger partial charge is 0.356 e. The number of hydrogen-bond donors (Lipinski definition) is 2. The number of aromatic nitrogens is 2. The first-order valence-electron chi connectivity index (χ1n) is 8.85. The molecule has 0 amide bonds. The van der Waals surface area contributed by atoms with Gasteiger partial charge in [-0.1, -0.05) is 42.5 Å². The van der Waals surface area contributed by atoms with Crippen molar-refractivity contribution < 1.29 is 0 Å². The first kappa shape index (κ1) is 17.7. The van der Waals surface area contributed by atoms with Gasteiger partial charge in [0.2, 0.25) is 0 Å². The first-order valence-corrected chi connectivity index (χ1v) is 8.85. The molecule has 3 rings (SSSR count). The Labute approximate surface area is 154 Å². The molecule has 0 unspecified atom stereocenters. The molecule has 3 aromatic rings. The van der Waals surface area contributed by atoms with E-state index in [9.17, 15) is 0 Å². The van der Waals surface area contributed by atoms with Gasteiger partial charge in [0.05, 0.1) is 17.9 Å². The molecule has 0 saturated heterocycles. The summed E-state index contributed by atoms with van der Waals surface area (Å²) in [6.07, 6.45) is 2.94. The number of nitrogens with one attached hydrogen (secondary N) is 2. The fraction of sp³-hybridized carbons (Fsp3) is 0.238. The summed E-state index contributed by atoms with van der Waals surface area (Å²) in [5, 5.41) is 11.3. The molecule has 0 spiro atoms. The van der Waals surface area contributed by atoms with Gasteiger partial charge >= 0.3 is 0 Å². The van der Waals surface area contributed by atoms with Gasteiger partial charge in [-0.3, -0.25) is 4.99 Å². The fourth-order valence-electron chi connectivity index (χ4n) is 2.78. The lowest BCUT2D eigenvalue weighted by atomic mass is 10.1.